The maximum absolute atomic E-state index is 13.5. The fourth-order valence-electron chi connectivity index (χ4n) is 3.94. The zero-order valence-electron chi connectivity index (χ0n) is 21.7. The van der Waals surface area contributed by atoms with Crippen molar-refractivity contribution in [3.8, 4) is 0 Å². The van der Waals surface area contributed by atoms with Gasteiger partial charge < -0.3 is 4.90 Å². The second-order valence-electron chi connectivity index (χ2n) is 9.77. The van der Waals surface area contributed by atoms with Crippen molar-refractivity contribution in [2.45, 2.75) is 51.5 Å². The lowest BCUT2D eigenvalue weighted by Crippen LogP contribution is -2.33. The molecule has 1 atom stereocenters. The third-order valence-electron chi connectivity index (χ3n) is 6.58. The van der Waals surface area contributed by atoms with Crippen LogP contribution in [-0.4, -0.2) is 43.9 Å². The molecule has 0 spiro atoms. The Labute approximate surface area is 215 Å². The van der Waals surface area contributed by atoms with Gasteiger partial charge in [-0.2, -0.15) is 0 Å². The Morgan fingerprint density at radius 3 is 1.81 bits per heavy atom. The van der Waals surface area contributed by atoms with Crippen LogP contribution in [0.5, 0.6) is 0 Å². The van der Waals surface area contributed by atoms with Crippen molar-refractivity contribution in [3.63, 3.8) is 0 Å². The van der Waals surface area contributed by atoms with E-state index in [1.54, 1.807) is 60.5 Å². The summed E-state index contributed by atoms with van der Waals surface area (Å²) in [6.07, 6.45) is 1.000. The molecular formula is C30H35NO4S. The molecular weight excluding hydrogens is 470 g/mol. The van der Waals surface area contributed by atoms with E-state index in [1.807, 2.05) is 52.0 Å². The Morgan fingerprint density at radius 2 is 1.28 bits per heavy atom. The summed E-state index contributed by atoms with van der Waals surface area (Å²) in [5.74, 6) is -1.33. The molecule has 0 heterocycles. The van der Waals surface area contributed by atoms with Crippen LogP contribution in [0.1, 0.15) is 57.7 Å². The maximum atomic E-state index is 13.5. The summed E-state index contributed by atoms with van der Waals surface area (Å²) in [5.41, 5.74) is 4.08. The van der Waals surface area contributed by atoms with Gasteiger partial charge in [0.25, 0.3) is 5.91 Å². The summed E-state index contributed by atoms with van der Waals surface area (Å²) in [7, 11) is -1.93. The predicted molar refractivity (Wildman–Crippen MR) is 144 cm³/mol. The van der Waals surface area contributed by atoms with Gasteiger partial charge in [0.05, 0.1) is 10.6 Å². The summed E-state index contributed by atoms with van der Waals surface area (Å²) >= 11 is 0. The lowest BCUT2D eigenvalue weighted by molar-refractivity contribution is 0.0754. The summed E-state index contributed by atoms with van der Waals surface area (Å²) in [6, 6.07) is 21.3. The number of amides is 1. The average Bonchev–Trinajstić information content (AvgIpc) is 2.86. The van der Waals surface area contributed by atoms with E-state index in [0.29, 0.717) is 24.0 Å². The third-order valence-corrected chi connectivity index (χ3v) is 8.42. The molecule has 0 bridgehead atoms. The van der Waals surface area contributed by atoms with Gasteiger partial charge in [-0.25, -0.2) is 8.42 Å². The predicted octanol–water partition coefficient (Wildman–Crippen LogP) is 5.69. The number of hydrogen-bond acceptors (Lipinski definition) is 4. The topological polar surface area (TPSA) is 71.5 Å². The van der Waals surface area contributed by atoms with Gasteiger partial charge in [0.1, 0.15) is 0 Å². The van der Waals surface area contributed by atoms with Crippen LogP contribution in [0.4, 0.5) is 0 Å². The molecule has 6 heteroatoms. The molecule has 0 radical (unpaired) electrons. The van der Waals surface area contributed by atoms with Crippen molar-refractivity contribution in [2.75, 3.05) is 12.8 Å². The molecule has 0 fully saturated rings. The molecule has 5 nitrogen and oxygen atoms in total. The molecule has 0 aromatic heterocycles. The summed E-state index contributed by atoms with van der Waals surface area (Å²) in [4.78, 5) is 28.0. The van der Waals surface area contributed by atoms with Gasteiger partial charge in [-0.15, -0.1) is 0 Å². The van der Waals surface area contributed by atoms with Crippen LogP contribution in [0, 0.1) is 19.8 Å². The van der Waals surface area contributed by atoms with E-state index in [1.165, 1.54) is 0 Å². The van der Waals surface area contributed by atoms with Gasteiger partial charge in [0.2, 0.25) is 0 Å². The number of rotatable bonds is 10. The largest absolute Gasteiger partial charge is 0.339 e. The zero-order chi connectivity index (χ0) is 26.5. The van der Waals surface area contributed by atoms with E-state index < -0.39 is 15.8 Å². The minimum absolute atomic E-state index is 0.0527. The van der Waals surface area contributed by atoms with E-state index in [-0.39, 0.29) is 28.4 Å². The molecule has 1 amide bonds. The Balaban J connectivity index is 1.86. The Bertz CT molecular complexity index is 1290. The summed E-state index contributed by atoms with van der Waals surface area (Å²) < 4.78 is 26.5. The molecule has 36 heavy (non-hydrogen) atoms. The average molecular weight is 506 g/mol. The van der Waals surface area contributed by atoms with Gasteiger partial charge >= 0.3 is 0 Å². The molecule has 190 valence electrons. The SMILES string of the molecule is Cc1ccc(CCC(CS(=O)(=O)c2ccc(C)cc2)C(=O)c2ccc(C(=O)N(C)C(C)C)cc2)cc1. The van der Waals surface area contributed by atoms with Crippen LogP contribution < -0.4 is 0 Å². The highest BCUT2D eigenvalue weighted by Crippen LogP contribution is 2.23. The number of carbonyl (C=O) groups excluding carboxylic acids is 2. The van der Waals surface area contributed by atoms with E-state index in [9.17, 15) is 18.0 Å². The first kappa shape index (κ1) is 27.3. The molecule has 3 rings (SSSR count). The molecule has 3 aromatic rings. The van der Waals surface area contributed by atoms with Crippen molar-refractivity contribution in [1.82, 2.24) is 4.90 Å². The minimum atomic E-state index is -3.66. The van der Waals surface area contributed by atoms with Crippen molar-refractivity contribution in [1.29, 1.82) is 0 Å². The molecule has 1 unspecified atom stereocenters. The minimum Gasteiger partial charge on any atom is -0.339 e. The van der Waals surface area contributed by atoms with Crippen LogP contribution in [0.25, 0.3) is 0 Å². The van der Waals surface area contributed by atoms with Crippen molar-refractivity contribution < 1.29 is 18.0 Å². The molecule has 0 N–H and O–H groups in total. The van der Waals surface area contributed by atoms with Gasteiger partial charge in [0, 0.05) is 30.1 Å². The van der Waals surface area contributed by atoms with E-state index in [2.05, 4.69) is 0 Å². The fraction of sp³-hybridized carbons (Fsp3) is 0.333. The van der Waals surface area contributed by atoms with Gasteiger partial charge in [-0.3, -0.25) is 9.59 Å². The van der Waals surface area contributed by atoms with E-state index in [4.69, 9.17) is 0 Å². The van der Waals surface area contributed by atoms with Crippen LogP contribution in [-0.2, 0) is 16.3 Å². The number of Topliss-reactive ketones (excluding diaryl/α,β-unsaturated/α-hetero) is 1. The number of sulfone groups is 1. The van der Waals surface area contributed by atoms with E-state index >= 15 is 0 Å². The Kier molecular flexibility index (Phi) is 8.85. The molecule has 0 saturated heterocycles. The highest BCUT2D eigenvalue weighted by Gasteiger charge is 2.28. The Hall–Kier alpha value is -3.25. The first-order valence-electron chi connectivity index (χ1n) is 12.2. The van der Waals surface area contributed by atoms with Crippen LogP contribution in [0.3, 0.4) is 0 Å². The van der Waals surface area contributed by atoms with Crippen molar-refractivity contribution in [2.24, 2.45) is 5.92 Å². The van der Waals surface area contributed by atoms with Gasteiger partial charge in [-0.1, -0.05) is 59.7 Å². The number of benzene rings is 3. The van der Waals surface area contributed by atoms with Crippen molar-refractivity contribution in [3.05, 3.63) is 101 Å². The Morgan fingerprint density at radius 1 is 0.778 bits per heavy atom. The summed E-state index contributed by atoms with van der Waals surface area (Å²) in [6.45, 7) is 7.78. The van der Waals surface area contributed by atoms with Crippen molar-refractivity contribution >= 4 is 21.5 Å². The first-order chi connectivity index (χ1) is 17.0. The molecule has 0 aliphatic carbocycles. The smallest absolute Gasteiger partial charge is 0.253 e. The number of nitrogens with zero attached hydrogens (tertiary/aromatic N) is 1. The fourth-order valence-corrected chi connectivity index (χ4v) is 5.53. The third kappa shape index (κ3) is 6.91. The lowest BCUT2D eigenvalue weighted by Gasteiger charge is -2.21. The van der Waals surface area contributed by atoms with Crippen LogP contribution in [0.15, 0.2) is 77.7 Å². The summed E-state index contributed by atoms with van der Waals surface area (Å²) in [5, 5.41) is 0. The second-order valence-corrected chi connectivity index (χ2v) is 11.8. The number of ketones is 1. The van der Waals surface area contributed by atoms with Crippen LogP contribution in [0.2, 0.25) is 0 Å². The standard InChI is InChI=1S/C30H35NO4S/c1-21(2)31(5)30(33)26-16-14-25(15-17-26)29(32)27(13-12-24-10-6-22(3)7-11-24)20-36(34,35)28-18-8-23(4)9-19-28/h6-11,14-19,21,27H,12-13,20H2,1-5H3. The lowest BCUT2D eigenvalue weighted by atomic mass is 9.92. The monoisotopic (exact) mass is 505 g/mol. The first-order valence-corrected chi connectivity index (χ1v) is 13.9. The number of carbonyl (C=O) groups is 2. The highest BCUT2D eigenvalue weighted by atomic mass is 32.2. The van der Waals surface area contributed by atoms with Gasteiger partial charge in [-0.05, 0) is 70.4 Å². The number of aryl methyl sites for hydroxylation is 3. The van der Waals surface area contributed by atoms with Gasteiger partial charge in [0.15, 0.2) is 15.6 Å². The molecule has 0 aliphatic rings. The zero-order valence-corrected chi connectivity index (χ0v) is 22.5. The molecule has 0 aliphatic heterocycles. The maximum Gasteiger partial charge on any atom is 0.253 e. The molecule has 0 saturated carbocycles. The quantitative estimate of drug-likeness (QED) is 0.332. The highest BCUT2D eigenvalue weighted by molar-refractivity contribution is 7.91. The van der Waals surface area contributed by atoms with Crippen LogP contribution >= 0.6 is 0 Å². The molecule has 3 aromatic carbocycles. The second kappa shape index (κ2) is 11.7. The number of hydrogen-bond donors (Lipinski definition) is 0. The normalized spacial score (nSPS) is 12.4. The van der Waals surface area contributed by atoms with E-state index in [0.717, 1.165) is 16.7 Å².